The molecule has 22 heavy (non-hydrogen) atoms. The summed E-state index contributed by atoms with van der Waals surface area (Å²) in [4.78, 5) is 20.0. The lowest BCUT2D eigenvalue weighted by atomic mass is 10.3. The smallest absolute Gasteiger partial charge is 0.268 e. The molecule has 0 fully saturated rings. The molecule has 0 saturated heterocycles. The van der Waals surface area contributed by atoms with E-state index in [-0.39, 0.29) is 5.69 Å². The number of amides is 1. The van der Waals surface area contributed by atoms with Gasteiger partial charge in [-0.1, -0.05) is 13.8 Å². The van der Waals surface area contributed by atoms with Gasteiger partial charge in [-0.05, 0) is 6.26 Å². The molecule has 8 heteroatoms. The van der Waals surface area contributed by atoms with Crippen LogP contribution in [0.3, 0.4) is 0 Å². The maximum Gasteiger partial charge on any atom is 0.268 e. The summed E-state index contributed by atoms with van der Waals surface area (Å²) in [5.74, 6) is -0.562. The number of hydrogen-bond donors (Lipinski definition) is 1. The van der Waals surface area contributed by atoms with Crippen LogP contribution >= 0.6 is 11.8 Å². The summed E-state index contributed by atoms with van der Waals surface area (Å²) in [6, 6.07) is 0. The number of imidazole rings is 1. The van der Waals surface area contributed by atoms with Gasteiger partial charge in [-0.2, -0.15) is 5.10 Å². The molecule has 7 nitrogen and oxygen atoms in total. The second kappa shape index (κ2) is 6.61. The number of carbonyl (C=O) groups is 1. The molecule has 3 heterocycles. The monoisotopic (exact) mass is 318 g/mol. The van der Waals surface area contributed by atoms with Gasteiger partial charge in [0.05, 0.1) is 18.1 Å². The minimum atomic E-state index is -0.562. The zero-order chi connectivity index (χ0) is 16.3. The fourth-order valence-electron chi connectivity index (χ4n) is 1.98. The van der Waals surface area contributed by atoms with Gasteiger partial charge in [0, 0.05) is 25.0 Å². The van der Waals surface area contributed by atoms with Crippen LogP contribution in [0.4, 0.5) is 0 Å². The van der Waals surface area contributed by atoms with Gasteiger partial charge in [0.2, 0.25) is 0 Å². The predicted octanol–water partition coefficient (Wildman–Crippen LogP) is 1.98. The Hall–Kier alpha value is -2.35. The Balaban J connectivity index is 0.000000847. The van der Waals surface area contributed by atoms with Gasteiger partial charge in [-0.25, -0.2) is 9.97 Å². The van der Waals surface area contributed by atoms with Crippen LogP contribution in [0.5, 0.6) is 0 Å². The van der Waals surface area contributed by atoms with Crippen LogP contribution in [0.15, 0.2) is 29.8 Å². The SMILES string of the molecule is CC.CSc1nc(C(N)=O)cn2c(-c3cnn(C)c3)cnc12. The van der Waals surface area contributed by atoms with Crippen molar-refractivity contribution < 1.29 is 4.79 Å². The van der Waals surface area contributed by atoms with Crippen LogP contribution in [0.25, 0.3) is 16.9 Å². The van der Waals surface area contributed by atoms with Crippen LogP contribution in [-0.4, -0.2) is 36.3 Å². The van der Waals surface area contributed by atoms with Crippen molar-refractivity contribution in [2.24, 2.45) is 12.8 Å². The number of fused-ring (bicyclic) bond motifs is 1. The number of nitrogens with two attached hydrogens (primary N) is 1. The molecule has 0 aromatic carbocycles. The number of carbonyl (C=O) groups excluding carboxylic acids is 1. The summed E-state index contributed by atoms with van der Waals surface area (Å²) >= 11 is 1.42. The van der Waals surface area contributed by atoms with E-state index in [1.807, 2.05) is 37.7 Å². The molecule has 1 amide bonds. The maximum absolute atomic E-state index is 11.4. The van der Waals surface area contributed by atoms with Gasteiger partial charge in [0.1, 0.15) is 10.7 Å². The molecule has 2 N–H and O–H groups in total. The highest BCUT2D eigenvalue weighted by molar-refractivity contribution is 7.98. The molecule has 0 atom stereocenters. The Bertz CT molecular complexity index is 807. The number of nitrogens with zero attached hydrogens (tertiary/aromatic N) is 5. The first-order valence-electron chi connectivity index (χ1n) is 6.81. The molecule has 0 spiro atoms. The van der Waals surface area contributed by atoms with Gasteiger partial charge < -0.3 is 5.73 Å². The third kappa shape index (κ3) is 2.82. The molecule has 3 aromatic rings. The van der Waals surface area contributed by atoms with Crippen LogP contribution in [-0.2, 0) is 7.05 Å². The molecule has 0 aliphatic heterocycles. The number of aromatic nitrogens is 5. The van der Waals surface area contributed by atoms with E-state index in [1.165, 1.54) is 11.8 Å². The minimum absolute atomic E-state index is 0.213. The number of rotatable bonds is 3. The average molecular weight is 318 g/mol. The lowest BCUT2D eigenvalue weighted by Crippen LogP contribution is -2.14. The van der Waals surface area contributed by atoms with Crippen molar-refractivity contribution in [1.82, 2.24) is 24.1 Å². The van der Waals surface area contributed by atoms with E-state index in [1.54, 1.807) is 23.3 Å². The fourth-order valence-corrected chi connectivity index (χ4v) is 2.51. The Morgan fingerprint density at radius 1 is 1.27 bits per heavy atom. The molecule has 0 bridgehead atoms. The minimum Gasteiger partial charge on any atom is -0.364 e. The first-order valence-corrected chi connectivity index (χ1v) is 8.03. The molecule has 3 rings (SSSR count). The molecule has 0 saturated carbocycles. The highest BCUT2D eigenvalue weighted by Gasteiger charge is 2.15. The quantitative estimate of drug-likeness (QED) is 0.746. The summed E-state index contributed by atoms with van der Waals surface area (Å²) in [5, 5.41) is 4.81. The molecule has 116 valence electrons. The number of hydrogen-bond acceptors (Lipinski definition) is 5. The molecular weight excluding hydrogens is 300 g/mol. The maximum atomic E-state index is 11.4. The van der Waals surface area contributed by atoms with Crippen molar-refractivity contribution in [1.29, 1.82) is 0 Å². The number of aryl methyl sites for hydroxylation is 1. The van der Waals surface area contributed by atoms with Gasteiger partial charge in [-0.3, -0.25) is 13.9 Å². The van der Waals surface area contributed by atoms with Crippen molar-refractivity contribution in [2.45, 2.75) is 18.9 Å². The molecule has 0 unspecified atom stereocenters. The van der Waals surface area contributed by atoms with Crippen LogP contribution < -0.4 is 5.73 Å². The standard InChI is InChI=1S/C12H12N6OS.C2H6/c1-17-5-7(3-15-17)9-4-14-11-12(20-2)16-8(10(13)19)6-18(9)11;1-2/h3-6H,1-2H3,(H2,13,19);1-2H3. The molecular formula is C14H18N6OS. The molecule has 0 aliphatic rings. The summed E-state index contributed by atoms with van der Waals surface area (Å²) in [6.45, 7) is 4.00. The van der Waals surface area contributed by atoms with E-state index in [4.69, 9.17) is 5.73 Å². The van der Waals surface area contributed by atoms with E-state index >= 15 is 0 Å². The Kier molecular flexibility index (Phi) is 4.81. The topological polar surface area (TPSA) is 91.1 Å². The van der Waals surface area contributed by atoms with Gasteiger partial charge in [-0.15, -0.1) is 11.8 Å². The number of thioether (sulfide) groups is 1. The molecule has 3 aromatic heterocycles. The first-order chi connectivity index (χ1) is 10.6. The Labute approximate surface area is 132 Å². The van der Waals surface area contributed by atoms with Crippen molar-refractivity contribution in [3.05, 3.63) is 30.5 Å². The van der Waals surface area contributed by atoms with Crippen LogP contribution in [0.2, 0.25) is 0 Å². The molecule has 0 aliphatic carbocycles. The van der Waals surface area contributed by atoms with E-state index in [0.717, 1.165) is 11.3 Å². The summed E-state index contributed by atoms with van der Waals surface area (Å²) in [6.07, 6.45) is 8.84. The Morgan fingerprint density at radius 2 is 2.00 bits per heavy atom. The van der Waals surface area contributed by atoms with Gasteiger partial charge in [0.15, 0.2) is 5.65 Å². The summed E-state index contributed by atoms with van der Waals surface area (Å²) < 4.78 is 3.52. The van der Waals surface area contributed by atoms with Crippen molar-refractivity contribution in [2.75, 3.05) is 6.26 Å². The highest BCUT2D eigenvalue weighted by Crippen LogP contribution is 2.25. The average Bonchev–Trinajstić information content (AvgIpc) is 3.13. The molecule has 0 radical (unpaired) electrons. The van der Waals surface area contributed by atoms with Crippen molar-refractivity contribution >= 4 is 23.3 Å². The fraction of sp³-hybridized carbons (Fsp3) is 0.286. The highest BCUT2D eigenvalue weighted by atomic mass is 32.2. The first kappa shape index (κ1) is 16.0. The normalized spacial score (nSPS) is 10.4. The van der Waals surface area contributed by atoms with E-state index in [9.17, 15) is 4.79 Å². The summed E-state index contributed by atoms with van der Waals surface area (Å²) in [7, 11) is 1.84. The largest absolute Gasteiger partial charge is 0.364 e. The second-order valence-electron chi connectivity index (χ2n) is 4.24. The van der Waals surface area contributed by atoms with E-state index < -0.39 is 5.91 Å². The predicted molar refractivity (Wildman–Crippen MR) is 86.8 cm³/mol. The van der Waals surface area contributed by atoms with Crippen molar-refractivity contribution in [3.63, 3.8) is 0 Å². The third-order valence-electron chi connectivity index (χ3n) is 2.91. The van der Waals surface area contributed by atoms with Crippen LogP contribution in [0.1, 0.15) is 24.3 Å². The third-order valence-corrected chi connectivity index (χ3v) is 3.57. The lowest BCUT2D eigenvalue weighted by Gasteiger charge is -2.04. The van der Waals surface area contributed by atoms with Crippen LogP contribution in [0, 0.1) is 0 Å². The van der Waals surface area contributed by atoms with Crippen molar-refractivity contribution in [3.8, 4) is 11.3 Å². The van der Waals surface area contributed by atoms with Gasteiger partial charge >= 0.3 is 0 Å². The Morgan fingerprint density at radius 3 is 2.55 bits per heavy atom. The van der Waals surface area contributed by atoms with E-state index in [2.05, 4.69) is 15.1 Å². The zero-order valence-corrected chi connectivity index (χ0v) is 13.8. The van der Waals surface area contributed by atoms with Gasteiger partial charge in [0.25, 0.3) is 5.91 Å². The van der Waals surface area contributed by atoms with E-state index in [0.29, 0.717) is 10.7 Å². The number of primary amides is 1. The lowest BCUT2D eigenvalue weighted by molar-refractivity contribution is 0.0994. The summed E-state index contributed by atoms with van der Waals surface area (Å²) in [5.41, 5.74) is 7.99. The second-order valence-corrected chi connectivity index (χ2v) is 5.03. The zero-order valence-electron chi connectivity index (χ0n) is 12.9.